The van der Waals surface area contributed by atoms with Gasteiger partial charge in [0.05, 0.1) is 29.2 Å². The van der Waals surface area contributed by atoms with Crippen LogP contribution in [0.1, 0.15) is 42.4 Å². The highest BCUT2D eigenvalue weighted by atomic mass is 35.5. The number of aromatic nitrogens is 2. The van der Waals surface area contributed by atoms with Gasteiger partial charge in [0.15, 0.2) is 11.6 Å². The first-order chi connectivity index (χ1) is 15.3. The summed E-state index contributed by atoms with van der Waals surface area (Å²) in [5.74, 6) is 0.165. The average molecular weight is 448 g/mol. The van der Waals surface area contributed by atoms with Crippen LogP contribution in [0.25, 0.3) is 22.4 Å². The van der Waals surface area contributed by atoms with Crippen LogP contribution in [0.2, 0.25) is 5.15 Å². The Morgan fingerprint density at radius 2 is 1.84 bits per heavy atom. The van der Waals surface area contributed by atoms with Gasteiger partial charge in [0.1, 0.15) is 5.15 Å². The molecule has 0 radical (unpaired) electrons. The van der Waals surface area contributed by atoms with Crippen LogP contribution >= 0.6 is 11.6 Å². The average Bonchev–Trinajstić information content (AvgIpc) is 2.77. The second-order valence-corrected chi connectivity index (χ2v) is 7.42. The van der Waals surface area contributed by atoms with Crippen molar-refractivity contribution >= 4 is 29.5 Å². The number of aliphatic imine (C=N–C) groups is 1. The van der Waals surface area contributed by atoms with Crippen LogP contribution in [0.15, 0.2) is 47.5 Å². The van der Waals surface area contributed by atoms with Gasteiger partial charge in [0, 0.05) is 30.9 Å². The Bertz CT molecular complexity index is 1180. The minimum atomic E-state index is -0.149. The van der Waals surface area contributed by atoms with Gasteiger partial charge in [0.2, 0.25) is 0 Å². The Balaban J connectivity index is 0.00000176. The lowest BCUT2D eigenvalue weighted by atomic mass is 9.96. The van der Waals surface area contributed by atoms with E-state index in [1.54, 1.807) is 41.6 Å². The normalized spacial score (nSPS) is 10.3. The van der Waals surface area contributed by atoms with E-state index in [0.717, 1.165) is 16.8 Å². The zero-order valence-electron chi connectivity index (χ0n) is 19.1. The van der Waals surface area contributed by atoms with Gasteiger partial charge in [-0.05, 0) is 49.7 Å². The fourth-order valence-corrected chi connectivity index (χ4v) is 3.24. The number of hydrogen-bond donors (Lipinski definition) is 0. The smallest absolute Gasteiger partial charge is 0.165 e. The summed E-state index contributed by atoms with van der Waals surface area (Å²) in [6.45, 7) is 7.33. The molecule has 0 saturated heterocycles. The van der Waals surface area contributed by atoms with Crippen LogP contribution in [0, 0.1) is 18.3 Å². The number of nitrogens with zero attached hydrogens (tertiary/aromatic N) is 5. The van der Waals surface area contributed by atoms with Crippen molar-refractivity contribution in [2.75, 3.05) is 14.1 Å². The fraction of sp³-hybridized carbons (Fsp3) is 0.240. The monoisotopic (exact) mass is 447 g/mol. The molecule has 0 aliphatic rings. The molecule has 0 N–H and O–H groups in total. The Hall–Kier alpha value is -3.56. The molecule has 3 aromatic rings. The van der Waals surface area contributed by atoms with E-state index >= 15 is 0 Å². The predicted octanol–water partition coefficient (Wildman–Crippen LogP) is 6.09. The zero-order chi connectivity index (χ0) is 23.8. The van der Waals surface area contributed by atoms with Gasteiger partial charge in [-0.15, -0.1) is 0 Å². The van der Waals surface area contributed by atoms with Gasteiger partial charge in [-0.1, -0.05) is 37.6 Å². The lowest BCUT2D eigenvalue weighted by molar-refractivity contribution is 0.101. The first-order valence-electron chi connectivity index (χ1n) is 10.2. The molecule has 0 aliphatic heterocycles. The number of aryl methyl sites for hydroxylation is 1. The molecule has 0 fully saturated rings. The summed E-state index contributed by atoms with van der Waals surface area (Å²) in [6.07, 6.45) is 1.59. The summed E-state index contributed by atoms with van der Waals surface area (Å²) in [6, 6.07) is 14.7. The molecular formula is C25H26ClN5O. The molecule has 0 saturated carbocycles. The molecule has 32 heavy (non-hydrogen) atoms. The summed E-state index contributed by atoms with van der Waals surface area (Å²) in [5.41, 5.74) is 4.49. The van der Waals surface area contributed by atoms with Gasteiger partial charge in [0.25, 0.3) is 0 Å². The number of carbonyl (C=O) groups is 1. The Morgan fingerprint density at radius 3 is 2.44 bits per heavy atom. The van der Waals surface area contributed by atoms with Crippen molar-refractivity contribution in [3.8, 4) is 28.5 Å². The second-order valence-electron chi connectivity index (χ2n) is 7.03. The van der Waals surface area contributed by atoms with Gasteiger partial charge in [-0.25, -0.2) is 15.0 Å². The molecule has 0 amide bonds. The summed E-state index contributed by atoms with van der Waals surface area (Å²) < 4.78 is 0. The SMILES string of the molecule is CC.CC(=O)c1cc(-c2cc(C)nc(Cl)c2)c(-c2cccc(C#N)c2)nc1/N=C/N(C)C. The quantitative estimate of drug-likeness (QED) is 0.204. The third-order valence-electron chi connectivity index (χ3n) is 4.29. The molecule has 1 aromatic carbocycles. The zero-order valence-corrected chi connectivity index (χ0v) is 19.9. The fourth-order valence-electron chi connectivity index (χ4n) is 2.99. The molecule has 6 nitrogen and oxygen atoms in total. The lowest BCUT2D eigenvalue weighted by Gasteiger charge is -2.14. The minimum Gasteiger partial charge on any atom is -0.369 e. The number of Topliss-reactive ketones (excluding diaryl/α,β-unsaturated/α-hetero) is 1. The maximum atomic E-state index is 12.4. The van der Waals surface area contributed by atoms with E-state index in [0.29, 0.717) is 33.4 Å². The van der Waals surface area contributed by atoms with E-state index < -0.39 is 0 Å². The largest absolute Gasteiger partial charge is 0.369 e. The number of pyridine rings is 2. The van der Waals surface area contributed by atoms with Crippen molar-refractivity contribution in [3.05, 3.63) is 64.4 Å². The Morgan fingerprint density at radius 1 is 1.12 bits per heavy atom. The van der Waals surface area contributed by atoms with Gasteiger partial charge in [-0.2, -0.15) is 5.26 Å². The van der Waals surface area contributed by atoms with Crippen LogP contribution in [0.4, 0.5) is 5.82 Å². The molecule has 0 aliphatic carbocycles. The van der Waals surface area contributed by atoms with E-state index in [1.807, 2.05) is 47.0 Å². The number of benzene rings is 1. The third-order valence-corrected chi connectivity index (χ3v) is 4.48. The van der Waals surface area contributed by atoms with Gasteiger partial charge in [-0.3, -0.25) is 4.79 Å². The number of carbonyl (C=O) groups excluding carboxylic acids is 1. The maximum absolute atomic E-state index is 12.4. The van der Waals surface area contributed by atoms with Crippen molar-refractivity contribution in [1.29, 1.82) is 5.26 Å². The number of nitriles is 1. The maximum Gasteiger partial charge on any atom is 0.165 e. The molecular weight excluding hydrogens is 422 g/mol. The van der Waals surface area contributed by atoms with Crippen LogP contribution in [-0.2, 0) is 0 Å². The van der Waals surface area contributed by atoms with Crippen molar-refractivity contribution in [2.45, 2.75) is 27.7 Å². The van der Waals surface area contributed by atoms with E-state index in [2.05, 4.69) is 16.0 Å². The van der Waals surface area contributed by atoms with Crippen molar-refractivity contribution in [3.63, 3.8) is 0 Å². The number of halogens is 1. The van der Waals surface area contributed by atoms with Crippen LogP contribution in [0.3, 0.4) is 0 Å². The summed E-state index contributed by atoms with van der Waals surface area (Å²) in [4.78, 5) is 27.5. The summed E-state index contributed by atoms with van der Waals surface area (Å²) in [7, 11) is 3.68. The molecule has 3 rings (SSSR count). The number of ketones is 1. The minimum absolute atomic E-state index is 0.149. The molecule has 2 heterocycles. The first kappa shape index (κ1) is 24.7. The Labute approximate surface area is 194 Å². The van der Waals surface area contributed by atoms with Gasteiger partial charge < -0.3 is 4.90 Å². The number of hydrogen-bond acceptors (Lipinski definition) is 5. The molecule has 7 heteroatoms. The van der Waals surface area contributed by atoms with Crippen molar-refractivity contribution in [2.24, 2.45) is 4.99 Å². The van der Waals surface area contributed by atoms with E-state index in [1.165, 1.54) is 6.92 Å². The molecule has 0 bridgehead atoms. The van der Waals surface area contributed by atoms with E-state index in [-0.39, 0.29) is 5.78 Å². The number of rotatable bonds is 5. The van der Waals surface area contributed by atoms with Crippen LogP contribution < -0.4 is 0 Å². The second kappa shape index (κ2) is 11.2. The highest BCUT2D eigenvalue weighted by Gasteiger charge is 2.18. The lowest BCUT2D eigenvalue weighted by Crippen LogP contribution is -2.08. The summed E-state index contributed by atoms with van der Waals surface area (Å²) in [5, 5.41) is 9.66. The molecule has 164 valence electrons. The molecule has 0 unspecified atom stereocenters. The van der Waals surface area contributed by atoms with E-state index in [9.17, 15) is 10.1 Å². The molecule has 0 atom stereocenters. The highest BCUT2D eigenvalue weighted by Crippen LogP contribution is 2.36. The third kappa shape index (κ3) is 5.99. The topological polar surface area (TPSA) is 82.2 Å². The Kier molecular flexibility index (Phi) is 8.62. The van der Waals surface area contributed by atoms with Crippen LogP contribution in [0.5, 0.6) is 0 Å². The molecule has 2 aromatic heterocycles. The van der Waals surface area contributed by atoms with Crippen LogP contribution in [-0.4, -0.2) is 41.1 Å². The first-order valence-corrected chi connectivity index (χ1v) is 10.6. The molecule has 0 spiro atoms. The van der Waals surface area contributed by atoms with Gasteiger partial charge >= 0.3 is 0 Å². The van der Waals surface area contributed by atoms with Crippen molar-refractivity contribution < 1.29 is 4.79 Å². The van der Waals surface area contributed by atoms with Crippen molar-refractivity contribution in [1.82, 2.24) is 14.9 Å². The standard InChI is InChI=1S/C23H20ClN5O.C2H6/c1-14-8-18(10-21(24)27-14)20-11-19(15(2)30)23(26-13-29(3)4)28-22(20)17-7-5-6-16(9-17)12-25;1-2/h5-11,13H,1-4H3;1-2H3/b26-13+;. The van der Waals surface area contributed by atoms with E-state index in [4.69, 9.17) is 16.6 Å². The summed E-state index contributed by atoms with van der Waals surface area (Å²) >= 11 is 6.19. The predicted molar refractivity (Wildman–Crippen MR) is 131 cm³/mol. The highest BCUT2D eigenvalue weighted by molar-refractivity contribution is 6.29.